The average molecular weight is 264 g/mol. The molecule has 0 saturated heterocycles. The molecule has 1 nitrogen and oxygen atoms in total. The van der Waals surface area contributed by atoms with Crippen molar-refractivity contribution in [1.82, 2.24) is 5.32 Å². The lowest BCUT2D eigenvalue weighted by Crippen LogP contribution is -2.45. The van der Waals surface area contributed by atoms with E-state index in [4.69, 9.17) is 11.6 Å². The molecule has 2 rings (SSSR count). The van der Waals surface area contributed by atoms with Gasteiger partial charge >= 0.3 is 6.18 Å². The number of benzene rings is 1. The van der Waals surface area contributed by atoms with Gasteiger partial charge in [-0.1, -0.05) is 29.8 Å². The van der Waals surface area contributed by atoms with Crippen molar-refractivity contribution in [3.8, 4) is 0 Å². The van der Waals surface area contributed by atoms with Crippen LogP contribution in [0.4, 0.5) is 13.2 Å². The highest BCUT2D eigenvalue weighted by molar-refractivity contribution is 6.31. The first-order valence-corrected chi connectivity index (χ1v) is 5.82. The van der Waals surface area contributed by atoms with Crippen LogP contribution in [0.2, 0.25) is 5.02 Å². The molecule has 1 fully saturated rings. The maximum absolute atomic E-state index is 12.8. The van der Waals surface area contributed by atoms with Crippen molar-refractivity contribution in [1.29, 1.82) is 0 Å². The summed E-state index contributed by atoms with van der Waals surface area (Å²) in [5.74, 6) is 0. The van der Waals surface area contributed by atoms with Crippen LogP contribution < -0.4 is 5.32 Å². The molecular weight excluding hydrogens is 251 g/mol. The monoisotopic (exact) mass is 263 g/mol. The number of alkyl halides is 3. The van der Waals surface area contributed by atoms with Crippen molar-refractivity contribution in [2.24, 2.45) is 0 Å². The van der Waals surface area contributed by atoms with E-state index in [1.54, 1.807) is 31.2 Å². The Morgan fingerprint density at radius 3 is 2.35 bits per heavy atom. The maximum atomic E-state index is 12.8. The molecule has 1 saturated carbocycles. The number of rotatable bonds is 3. The zero-order valence-electron chi connectivity index (χ0n) is 9.31. The Morgan fingerprint density at radius 1 is 1.29 bits per heavy atom. The quantitative estimate of drug-likeness (QED) is 0.866. The molecule has 0 amide bonds. The first-order valence-electron chi connectivity index (χ1n) is 5.45. The lowest BCUT2D eigenvalue weighted by Gasteiger charge is -2.25. The lowest BCUT2D eigenvalue weighted by atomic mass is 10.1. The summed E-state index contributed by atoms with van der Waals surface area (Å²) in [5, 5.41) is 3.15. The minimum atomic E-state index is -4.19. The van der Waals surface area contributed by atoms with Crippen LogP contribution in [-0.2, 0) is 0 Å². The van der Waals surface area contributed by atoms with Crippen molar-refractivity contribution in [2.45, 2.75) is 37.5 Å². The van der Waals surface area contributed by atoms with Crippen molar-refractivity contribution in [3.05, 3.63) is 34.9 Å². The van der Waals surface area contributed by atoms with Crippen LogP contribution in [0.25, 0.3) is 0 Å². The molecular formula is C12H13ClF3N. The third-order valence-electron chi connectivity index (χ3n) is 3.16. The highest BCUT2D eigenvalue weighted by Gasteiger charge is 2.63. The Balaban J connectivity index is 2.13. The molecule has 1 aromatic carbocycles. The summed E-state index contributed by atoms with van der Waals surface area (Å²) in [5.41, 5.74) is -1.00. The van der Waals surface area contributed by atoms with E-state index in [0.29, 0.717) is 10.6 Å². The molecule has 0 heterocycles. The molecule has 17 heavy (non-hydrogen) atoms. The molecule has 0 aliphatic heterocycles. The van der Waals surface area contributed by atoms with E-state index in [0.717, 1.165) is 0 Å². The number of nitrogens with one attached hydrogen (secondary N) is 1. The van der Waals surface area contributed by atoms with Crippen LogP contribution in [0.15, 0.2) is 24.3 Å². The van der Waals surface area contributed by atoms with Gasteiger partial charge in [-0.15, -0.1) is 0 Å². The van der Waals surface area contributed by atoms with Gasteiger partial charge in [0.2, 0.25) is 0 Å². The van der Waals surface area contributed by atoms with Gasteiger partial charge in [-0.05, 0) is 31.4 Å². The van der Waals surface area contributed by atoms with Crippen molar-refractivity contribution in [2.75, 3.05) is 0 Å². The van der Waals surface area contributed by atoms with E-state index >= 15 is 0 Å². The normalized spacial score (nSPS) is 20.1. The molecule has 1 unspecified atom stereocenters. The molecule has 1 aliphatic rings. The van der Waals surface area contributed by atoms with Gasteiger partial charge in [0, 0.05) is 11.1 Å². The number of halogens is 4. The van der Waals surface area contributed by atoms with E-state index < -0.39 is 17.8 Å². The van der Waals surface area contributed by atoms with E-state index in [2.05, 4.69) is 5.32 Å². The topological polar surface area (TPSA) is 12.0 Å². The fourth-order valence-electron chi connectivity index (χ4n) is 1.95. The molecule has 1 N–H and O–H groups in total. The first kappa shape index (κ1) is 12.7. The summed E-state index contributed by atoms with van der Waals surface area (Å²) >= 11 is 5.96. The standard InChI is InChI=1S/C12H13ClF3N/c1-8(9-4-2-3-5-10(9)13)17-11(6-7-11)12(14,15)16/h2-5,8,17H,6-7H2,1H3. The fourth-order valence-corrected chi connectivity index (χ4v) is 2.25. The van der Waals surface area contributed by atoms with Crippen LogP contribution in [0.5, 0.6) is 0 Å². The fraction of sp³-hybridized carbons (Fsp3) is 0.500. The van der Waals surface area contributed by atoms with Crippen molar-refractivity contribution < 1.29 is 13.2 Å². The van der Waals surface area contributed by atoms with E-state index in [1.165, 1.54) is 0 Å². The van der Waals surface area contributed by atoms with Gasteiger partial charge < -0.3 is 0 Å². The average Bonchev–Trinajstić information content (AvgIpc) is 2.98. The molecule has 0 aromatic heterocycles. The smallest absolute Gasteiger partial charge is 0.297 e. The van der Waals surface area contributed by atoms with E-state index in [9.17, 15) is 13.2 Å². The minimum Gasteiger partial charge on any atom is -0.297 e. The van der Waals surface area contributed by atoms with Gasteiger partial charge in [0.15, 0.2) is 0 Å². The third kappa shape index (κ3) is 2.43. The second-order valence-corrected chi connectivity index (χ2v) is 4.87. The van der Waals surface area contributed by atoms with Gasteiger partial charge in [-0.2, -0.15) is 13.2 Å². The largest absolute Gasteiger partial charge is 0.406 e. The molecule has 1 aliphatic carbocycles. The molecule has 0 radical (unpaired) electrons. The molecule has 0 bridgehead atoms. The number of hydrogen-bond acceptors (Lipinski definition) is 1. The third-order valence-corrected chi connectivity index (χ3v) is 3.50. The van der Waals surface area contributed by atoms with Gasteiger partial charge in [-0.3, -0.25) is 5.32 Å². The van der Waals surface area contributed by atoms with Crippen molar-refractivity contribution in [3.63, 3.8) is 0 Å². The Kier molecular flexibility index (Phi) is 3.12. The zero-order valence-corrected chi connectivity index (χ0v) is 10.1. The van der Waals surface area contributed by atoms with E-state index in [-0.39, 0.29) is 12.8 Å². The first-order chi connectivity index (χ1) is 7.86. The molecule has 94 valence electrons. The second-order valence-electron chi connectivity index (χ2n) is 4.47. The SMILES string of the molecule is CC(NC1(C(F)(F)F)CC1)c1ccccc1Cl. The Labute approximate surface area is 103 Å². The summed E-state index contributed by atoms with van der Waals surface area (Å²) in [6.45, 7) is 1.70. The second kappa shape index (κ2) is 4.18. The Morgan fingerprint density at radius 2 is 1.88 bits per heavy atom. The van der Waals surface area contributed by atoms with Crippen LogP contribution >= 0.6 is 11.6 Å². The summed E-state index contributed by atoms with van der Waals surface area (Å²) in [7, 11) is 0. The Hall–Kier alpha value is -0.740. The highest BCUT2D eigenvalue weighted by atomic mass is 35.5. The van der Waals surface area contributed by atoms with Gasteiger partial charge in [-0.25, -0.2) is 0 Å². The van der Waals surface area contributed by atoms with E-state index in [1.807, 2.05) is 0 Å². The lowest BCUT2D eigenvalue weighted by molar-refractivity contribution is -0.167. The number of hydrogen-bond donors (Lipinski definition) is 1. The Bertz CT molecular complexity index is 412. The summed E-state index contributed by atoms with van der Waals surface area (Å²) < 4.78 is 38.3. The van der Waals surface area contributed by atoms with Crippen LogP contribution in [0.1, 0.15) is 31.4 Å². The molecule has 1 aromatic rings. The molecule has 0 spiro atoms. The van der Waals surface area contributed by atoms with Crippen LogP contribution in [-0.4, -0.2) is 11.7 Å². The minimum absolute atomic E-state index is 0.144. The molecule has 1 atom stereocenters. The summed E-state index contributed by atoms with van der Waals surface area (Å²) in [4.78, 5) is 0. The van der Waals surface area contributed by atoms with Gasteiger partial charge in [0.1, 0.15) is 5.54 Å². The van der Waals surface area contributed by atoms with Crippen LogP contribution in [0, 0.1) is 0 Å². The predicted molar refractivity (Wildman–Crippen MR) is 61.0 cm³/mol. The maximum Gasteiger partial charge on any atom is 0.406 e. The summed E-state index contributed by atoms with van der Waals surface area (Å²) in [6.07, 6.45) is -3.90. The van der Waals surface area contributed by atoms with Gasteiger partial charge in [0.25, 0.3) is 0 Å². The highest BCUT2D eigenvalue weighted by Crippen LogP contribution is 2.50. The molecule has 5 heteroatoms. The summed E-state index contributed by atoms with van der Waals surface area (Å²) in [6, 6.07) is 6.55. The zero-order chi connectivity index (χ0) is 12.7. The van der Waals surface area contributed by atoms with Crippen LogP contribution in [0.3, 0.4) is 0 Å². The predicted octanol–water partition coefficient (Wildman–Crippen LogP) is 4.09. The van der Waals surface area contributed by atoms with Crippen molar-refractivity contribution >= 4 is 11.6 Å². The van der Waals surface area contributed by atoms with Gasteiger partial charge in [0.05, 0.1) is 0 Å².